The predicted molar refractivity (Wildman–Crippen MR) is 62.8 cm³/mol. The van der Waals surface area contributed by atoms with Gasteiger partial charge < -0.3 is 9.84 Å². The van der Waals surface area contributed by atoms with Gasteiger partial charge in [-0.3, -0.25) is 0 Å². The summed E-state index contributed by atoms with van der Waals surface area (Å²) < 4.78 is 4.50. The summed E-state index contributed by atoms with van der Waals surface area (Å²) in [6, 6.07) is 5.75. The first-order chi connectivity index (χ1) is 7.71. The van der Waals surface area contributed by atoms with Crippen molar-refractivity contribution in [2.45, 2.75) is 20.0 Å². The molecule has 16 heavy (non-hydrogen) atoms. The highest BCUT2D eigenvalue weighted by Crippen LogP contribution is 2.14. The van der Waals surface area contributed by atoms with E-state index in [1.54, 1.807) is 6.08 Å². The van der Waals surface area contributed by atoms with Crippen LogP contribution in [-0.2, 0) is 22.6 Å². The number of carbonyl (C=O) groups is 1. The molecule has 0 bridgehead atoms. The molecule has 1 aromatic rings. The molecule has 0 spiro atoms. The van der Waals surface area contributed by atoms with Gasteiger partial charge in [0.1, 0.15) is 0 Å². The van der Waals surface area contributed by atoms with Crippen LogP contribution in [0.3, 0.4) is 0 Å². The third kappa shape index (κ3) is 3.21. The van der Waals surface area contributed by atoms with Gasteiger partial charge in [-0.15, -0.1) is 0 Å². The summed E-state index contributed by atoms with van der Waals surface area (Å²) in [6.07, 6.45) is 3.92. The van der Waals surface area contributed by atoms with E-state index in [1.165, 1.54) is 13.2 Å². The molecular formula is C13H16O3. The number of aliphatic hydroxyl groups is 1. The number of hydrogen-bond donors (Lipinski definition) is 1. The normalized spacial score (nSPS) is 10.7. The fraction of sp³-hybridized carbons (Fsp3) is 0.308. The number of aliphatic hydroxyl groups excluding tert-OH is 1. The molecule has 0 saturated heterocycles. The van der Waals surface area contributed by atoms with Gasteiger partial charge in [-0.2, -0.15) is 0 Å². The summed E-state index contributed by atoms with van der Waals surface area (Å²) in [7, 11) is 1.34. The minimum Gasteiger partial charge on any atom is -0.466 e. The van der Waals surface area contributed by atoms with Gasteiger partial charge in [-0.05, 0) is 35.3 Å². The average Bonchev–Trinajstić information content (AvgIpc) is 2.35. The zero-order chi connectivity index (χ0) is 12.0. The molecule has 0 unspecified atom stereocenters. The van der Waals surface area contributed by atoms with Crippen LogP contribution in [0.2, 0.25) is 0 Å². The van der Waals surface area contributed by atoms with Gasteiger partial charge in [0, 0.05) is 6.08 Å². The number of esters is 1. The lowest BCUT2D eigenvalue weighted by molar-refractivity contribution is -0.134. The molecule has 3 nitrogen and oxygen atoms in total. The Labute approximate surface area is 95.4 Å². The molecule has 0 aromatic heterocycles. The molecule has 0 aliphatic rings. The highest BCUT2D eigenvalue weighted by molar-refractivity contribution is 5.86. The molecular weight excluding hydrogens is 204 g/mol. The van der Waals surface area contributed by atoms with E-state index >= 15 is 0 Å². The zero-order valence-corrected chi connectivity index (χ0v) is 9.56. The van der Waals surface area contributed by atoms with Crippen LogP contribution >= 0.6 is 0 Å². The molecule has 1 N–H and O–H groups in total. The zero-order valence-electron chi connectivity index (χ0n) is 9.56. The first-order valence-electron chi connectivity index (χ1n) is 5.20. The van der Waals surface area contributed by atoms with Crippen molar-refractivity contribution >= 4 is 12.0 Å². The van der Waals surface area contributed by atoms with Gasteiger partial charge >= 0.3 is 5.97 Å². The lowest BCUT2D eigenvalue weighted by Crippen LogP contribution is -1.95. The Kier molecular flexibility index (Phi) is 4.73. The largest absolute Gasteiger partial charge is 0.466 e. The molecule has 0 fully saturated rings. The number of rotatable bonds is 4. The van der Waals surface area contributed by atoms with Crippen molar-refractivity contribution in [1.29, 1.82) is 0 Å². The number of aryl methyl sites for hydroxylation is 1. The molecule has 0 heterocycles. The maximum Gasteiger partial charge on any atom is 0.330 e. The number of carbonyl (C=O) groups excluding carboxylic acids is 1. The standard InChI is InChI=1S/C13H16O3/c1-3-11-6-4-10(8-12(11)9-14)5-7-13(15)16-2/h4-8,14H,3,9H2,1-2H3/b7-5+. The van der Waals surface area contributed by atoms with E-state index in [0.717, 1.165) is 23.1 Å². The highest BCUT2D eigenvalue weighted by Gasteiger charge is 2.00. The second-order valence-corrected chi connectivity index (χ2v) is 3.40. The van der Waals surface area contributed by atoms with Gasteiger partial charge in [-0.25, -0.2) is 4.79 Å². The van der Waals surface area contributed by atoms with Crippen molar-refractivity contribution in [3.63, 3.8) is 0 Å². The summed E-state index contributed by atoms with van der Waals surface area (Å²) in [4.78, 5) is 10.9. The summed E-state index contributed by atoms with van der Waals surface area (Å²) in [5, 5.41) is 9.18. The number of benzene rings is 1. The second-order valence-electron chi connectivity index (χ2n) is 3.40. The Morgan fingerprint density at radius 1 is 1.44 bits per heavy atom. The van der Waals surface area contributed by atoms with Gasteiger partial charge in [-0.1, -0.05) is 19.1 Å². The van der Waals surface area contributed by atoms with Crippen molar-refractivity contribution in [2.24, 2.45) is 0 Å². The summed E-state index contributed by atoms with van der Waals surface area (Å²) in [6.45, 7) is 2.06. The highest BCUT2D eigenvalue weighted by atomic mass is 16.5. The molecule has 0 atom stereocenters. The lowest BCUT2D eigenvalue weighted by atomic mass is 10.0. The molecule has 0 aliphatic heterocycles. The van der Waals surface area contributed by atoms with Crippen molar-refractivity contribution in [2.75, 3.05) is 7.11 Å². The van der Waals surface area contributed by atoms with E-state index in [1.807, 2.05) is 25.1 Å². The first kappa shape index (κ1) is 12.5. The molecule has 3 heteroatoms. The molecule has 1 aromatic carbocycles. The van der Waals surface area contributed by atoms with Crippen LogP contribution in [0, 0.1) is 0 Å². The Balaban J connectivity index is 2.91. The van der Waals surface area contributed by atoms with Gasteiger partial charge in [0.15, 0.2) is 0 Å². The van der Waals surface area contributed by atoms with Crippen LogP contribution < -0.4 is 0 Å². The van der Waals surface area contributed by atoms with Crippen LogP contribution in [0.25, 0.3) is 6.08 Å². The van der Waals surface area contributed by atoms with E-state index in [0.29, 0.717) is 0 Å². The molecule has 0 saturated carbocycles. The van der Waals surface area contributed by atoms with Gasteiger partial charge in [0.25, 0.3) is 0 Å². The average molecular weight is 220 g/mol. The molecule has 0 radical (unpaired) electrons. The van der Waals surface area contributed by atoms with Crippen molar-refractivity contribution in [3.8, 4) is 0 Å². The minimum atomic E-state index is -0.384. The Morgan fingerprint density at radius 3 is 2.75 bits per heavy atom. The first-order valence-corrected chi connectivity index (χ1v) is 5.20. The Hall–Kier alpha value is -1.61. The van der Waals surface area contributed by atoms with E-state index in [-0.39, 0.29) is 12.6 Å². The van der Waals surface area contributed by atoms with Crippen LogP contribution in [0.1, 0.15) is 23.6 Å². The monoisotopic (exact) mass is 220 g/mol. The molecule has 0 amide bonds. The summed E-state index contributed by atoms with van der Waals surface area (Å²) >= 11 is 0. The fourth-order valence-electron chi connectivity index (χ4n) is 1.47. The van der Waals surface area contributed by atoms with E-state index in [2.05, 4.69) is 4.74 Å². The van der Waals surface area contributed by atoms with Crippen LogP contribution in [0.4, 0.5) is 0 Å². The maximum atomic E-state index is 10.9. The van der Waals surface area contributed by atoms with E-state index < -0.39 is 0 Å². The quantitative estimate of drug-likeness (QED) is 0.623. The third-order valence-electron chi connectivity index (χ3n) is 2.39. The number of hydrogen-bond acceptors (Lipinski definition) is 3. The number of methoxy groups -OCH3 is 1. The van der Waals surface area contributed by atoms with E-state index in [9.17, 15) is 9.90 Å². The Morgan fingerprint density at radius 2 is 2.19 bits per heavy atom. The SMILES string of the molecule is CCc1ccc(/C=C/C(=O)OC)cc1CO. The second kappa shape index (κ2) is 6.08. The van der Waals surface area contributed by atoms with Crippen LogP contribution in [0.15, 0.2) is 24.3 Å². The molecule has 0 aliphatic carbocycles. The lowest BCUT2D eigenvalue weighted by Gasteiger charge is -2.05. The van der Waals surface area contributed by atoms with Gasteiger partial charge in [0.2, 0.25) is 0 Å². The Bertz CT molecular complexity index is 394. The molecule has 1 rings (SSSR count). The van der Waals surface area contributed by atoms with Gasteiger partial charge in [0.05, 0.1) is 13.7 Å². The molecule has 86 valence electrons. The maximum absolute atomic E-state index is 10.9. The fourth-order valence-corrected chi connectivity index (χ4v) is 1.47. The van der Waals surface area contributed by atoms with Crippen molar-refractivity contribution in [1.82, 2.24) is 0 Å². The summed E-state index contributed by atoms with van der Waals surface area (Å²) in [5.74, 6) is -0.384. The van der Waals surface area contributed by atoms with Crippen LogP contribution in [0.5, 0.6) is 0 Å². The topological polar surface area (TPSA) is 46.5 Å². The third-order valence-corrected chi connectivity index (χ3v) is 2.39. The van der Waals surface area contributed by atoms with E-state index in [4.69, 9.17) is 0 Å². The summed E-state index contributed by atoms with van der Waals surface area (Å²) in [5.41, 5.74) is 2.90. The van der Waals surface area contributed by atoms with Crippen LogP contribution in [-0.4, -0.2) is 18.2 Å². The predicted octanol–water partition coefficient (Wildman–Crippen LogP) is 1.93. The minimum absolute atomic E-state index is 0.0169. The smallest absolute Gasteiger partial charge is 0.330 e. The number of ether oxygens (including phenoxy) is 1. The van der Waals surface area contributed by atoms with Crippen molar-refractivity contribution < 1.29 is 14.6 Å². The van der Waals surface area contributed by atoms with Crippen molar-refractivity contribution in [3.05, 3.63) is 41.0 Å².